The van der Waals surface area contributed by atoms with Crippen molar-refractivity contribution in [3.8, 4) is 0 Å². The van der Waals surface area contributed by atoms with Crippen molar-refractivity contribution in [2.45, 2.75) is 81.9 Å². The summed E-state index contributed by atoms with van der Waals surface area (Å²) < 4.78 is 27.6. The second-order valence-electron chi connectivity index (χ2n) is 8.02. The number of carbonyl (C=O) groups is 1. The predicted molar refractivity (Wildman–Crippen MR) is 111 cm³/mol. The lowest BCUT2D eigenvalue weighted by Gasteiger charge is -2.46. The fraction of sp³-hybridized carbons (Fsp3) is 0.696. The first-order valence-electron chi connectivity index (χ1n) is 11.1. The standard InChI is InChI=1S/C23H34O8/c1-27-18(24)13-9-4-2-3-5-10-14-28-21-19(25)20-17(30-22(21)26)15-29-23(31-20)16-11-7-6-8-12-16/h6-8,11-12,17,19-23,25-26H,2-5,9-10,13-15H2,1H3/t17-,19+,20+,21-,22-,23?/m1/s1. The van der Waals surface area contributed by atoms with Crippen LogP contribution in [0.1, 0.15) is 56.8 Å². The molecule has 0 spiro atoms. The van der Waals surface area contributed by atoms with Crippen LogP contribution in [0, 0.1) is 0 Å². The largest absolute Gasteiger partial charge is 0.469 e. The summed E-state index contributed by atoms with van der Waals surface area (Å²) in [5, 5.41) is 21.1. The molecule has 2 N–H and O–H groups in total. The van der Waals surface area contributed by atoms with Gasteiger partial charge in [0.25, 0.3) is 0 Å². The van der Waals surface area contributed by atoms with Gasteiger partial charge >= 0.3 is 5.97 Å². The van der Waals surface area contributed by atoms with Gasteiger partial charge in [-0.1, -0.05) is 56.0 Å². The molecule has 0 radical (unpaired) electrons. The average Bonchev–Trinajstić information content (AvgIpc) is 2.80. The topological polar surface area (TPSA) is 104 Å². The van der Waals surface area contributed by atoms with Crippen LogP contribution in [0.5, 0.6) is 0 Å². The summed E-state index contributed by atoms with van der Waals surface area (Å²) in [5.41, 5.74) is 0.864. The van der Waals surface area contributed by atoms with Crippen LogP contribution in [0.4, 0.5) is 0 Å². The van der Waals surface area contributed by atoms with E-state index in [0.717, 1.165) is 44.1 Å². The zero-order chi connectivity index (χ0) is 22.1. The van der Waals surface area contributed by atoms with E-state index in [1.54, 1.807) is 0 Å². The van der Waals surface area contributed by atoms with Crippen molar-refractivity contribution >= 4 is 5.97 Å². The minimum absolute atomic E-state index is 0.161. The molecule has 2 saturated heterocycles. The van der Waals surface area contributed by atoms with Gasteiger partial charge in [0.2, 0.25) is 0 Å². The molecule has 2 heterocycles. The maximum absolute atomic E-state index is 11.1. The smallest absolute Gasteiger partial charge is 0.305 e. The van der Waals surface area contributed by atoms with Gasteiger partial charge in [0, 0.05) is 18.6 Å². The number of hydrogen-bond donors (Lipinski definition) is 2. The summed E-state index contributed by atoms with van der Waals surface area (Å²) in [6.07, 6.45) is 1.32. The Morgan fingerprint density at radius 3 is 2.48 bits per heavy atom. The Morgan fingerprint density at radius 2 is 1.74 bits per heavy atom. The van der Waals surface area contributed by atoms with E-state index in [1.165, 1.54) is 7.11 Å². The van der Waals surface area contributed by atoms with Crippen LogP contribution < -0.4 is 0 Å². The molecule has 2 aliphatic rings. The second kappa shape index (κ2) is 12.5. The number of fused-ring (bicyclic) bond motifs is 1. The minimum Gasteiger partial charge on any atom is -0.469 e. The Balaban J connectivity index is 1.36. The van der Waals surface area contributed by atoms with Crippen molar-refractivity contribution < 1.29 is 38.7 Å². The Labute approximate surface area is 183 Å². The molecule has 1 unspecified atom stereocenters. The van der Waals surface area contributed by atoms with E-state index in [2.05, 4.69) is 4.74 Å². The Bertz CT molecular complexity index is 654. The van der Waals surface area contributed by atoms with Gasteiger partial charge in [-0.3, -0.25) is 4.79 Å². The van der Waals surface area contributed by atoms with Crippen molar-refractivity contribution in [3.05, 3.63) is 35.9 Å². The minimum atomic E-state index is -1.23. The summed E-state index contributed by atoms with van der Waals surface area (Å²) in [6, 6.07) is 9.52. The Kier molecular flexibility index (Phi) is 9.70. The SMILES string of the molecule is COC(=O)CCCCCCCCO[C@@H]1[C@@H](O)[C@H]2OC(c3ccccc3)OC[C@H]2O[C@H]1O. The highest BCUT2D eigenvalue weighted by molar-refractivity contribution is 5.68. The van der Waals surface area contributed by atoms with Gasteiger partial charge < -0.3 is 33.9 Å². The lowest BCUT2D eigenvalue weighted by Crippen LogP contribution is -2.62. The molecule has 0 aliphatic carbocycles. The number of rotatable bonds is 11. The highest BCUT2D eigenvalue weighted by atomic mass is 16.7. The number of unbranched alkanes of at least 4 members (excludes halogenated alkanes) is 5. The van der Waals surface area contributed by atoms with Gasteiger partial charge in [0.15, 0.2) is 12.6 Å². The predicted octanol–water partition coefficient (Wildman–Crippen LogP) is 2.47. The van der Waals surface area contributed by atoms with E-state index >= 15 is 0 Å². The fourth-order valence-corrected chi connectivity index (χ4v) is 3.94. The molecule has 31 heavy (non-hydrogen) atoms. The number of benzene rings is 1. The van der Waals surface area contributed by atoms with Gasteiger partial charge in [0.1, 0.15) is 24.4 Å². The van der Waals surface area contributed by atoms with Gasteiger partial charge in [-0.25, -0.2) is 0 Å². The van der Waals surface area contributed by atoms with Crippen LogP contribution in [-0.4, -0.2) is 67.2 Å². The van der Waals surface area contributed by atoms with Crippen LogP contribution in [-0.2, 0) is 28.5 Å². The third-order valence-electron chi connectivity index (χ3n) is 5.71. The molecule has 8 nitrogen and oxygen atoms in total. The van der Waals surface area contributed by atoms with E-state index in [4.69, 9.17) is 18.9 Å². The van der Waals surface area contributed by atoms with Crippen molar-refractivity contribution in [1.29, 1.82) is 0 Å². The van der Waals surface area contributed by atoms with Gasteiger partial charge in [-0.15, -0.1) is 0 Å². The first-order valence-corrected chi connectivity index (χ1v) is 11.1. The van der Waals surface area contributed by atoms with Gasteiger partial charge in [0.05, 0.1) is 13.7 Å². The monoisotopic (exact) mass is 438 g/mol. The van der Waals surface area contributed by atoms with E-state index in [0.29, 0.717) is 13.0 Å². The number of methoxy groups -OCH3 is 1. The molecule has 0 aromatic heterocycles. The molecule has 1 aromatic carbocycles. The van der Waals surface area contributed by atoms with E-state index in [1.807, 2.05) is 30.3 Å². The molecule has 2 aliphatic heterocycles. The third-order valence-corrected chi connectivity index (χ3v) is 5.71. The van der Waals surface area contributed by atoms with E-state index in [9.17, 15) is 15.0 Å². The molecule has 6 atom stereocenters. The quantitative estimate of drug-likeness (QED) is 0.401. The van der Waals surface area contributed by atoms with Crippen LogP contribution in [0.25, 0.3) is 0 Å². The van der Waals surface area contributed by atoms with Crippen molar-refractivity contribution in [2.24, 2.45) is 0 Å². The van der Waals surface area contributed by atoms with Crippen molar-refractivity contribution in [3.63, 3.8) is 0 Å². The summed E-state index contributed by atoms with van der Waals surface area (Å²) in [4.78, 5) is 11.1. The number of carbonyl (C=O) groups excluding carboxylic acids is 1. The molecular weight excluding hydrogens is 404 g/mol. The van der Waals surface area contributed by atoms with E-state index < -0.39 is 37.0 Å². The lowest BCUT2D eigenvalue weighted by molar-refractivity contribution is -0.359. The van der Waals surface area contributed by atoms with Crippen LogP contribution in [0.2, 0.25) is 0 Å². The molecule has 0 saturated carbocycles. The van der Waals surface area contributed by atoms with Crippen LogP contribution in [0.3, 0.4) is 0 Å². The van der Waals surface area contributed by atoms with Crippen molar-refractivity contribution in [1.82, 2.24) is 0 Å². The first kappa shape index (κ1) is 24.1. The number of hydrogen-bond acceptors (Lipinski definition) is 8. The summed E-state index contributed by atoms with van der Waals surface area (Å²) in [5.74, 6) is -0.161. The summed E-state index contributed by atoms with van der Waals surface area (Å²) >= 11 is 0. The molecule has 1 aromatic rings. The summed E-state index contributed by atoms with van der Waals surface area (Å²) in [6.45, 7) is 0.640. The Morgan fingerprint density at radius 1 is 1.03 bits per heavy atom. The third kappa shape index (κ3) is 6.97. The number of aliphatic hydroxyl groups is 2. The molecule has 174 valence electrons. The molecule has 0 amide bonds. The molecule has 0 bridgehead atoms. The average molecular weight is 439 g/mol. The van der Waals surface area contributed by atoms with Crippen molar-refractivity contribution in [2.75, 3.05) is 20.3 Å². The molecular formula is C23H34O8. The lowest BCUT2D eigenvalue weighted by atomic mass is 9.97. The first-order chi connectivity index (χ1) is 15.1. The molecule has 3 rings (SSSR count). The maximum Gasteiger partial charge on any atom is 0.305 e. The summed E-state index contributed by atoms with van der Waals surface area (Å²) in [7, 11) is 1.41. The molecule has 2 fully saturated rings. The highest BCUT2D eigenvalue weighted by Crippen LogP contribution is 2.34. The van der Waals surface area contributed by atoms with Crippen LogP contribution >= 0.6 is 0 Å². The van der Waals surface area contributed by atoms with Gasteiger partial charge in [-0.2, -0.15) is 0 Å². The molecule has 8 heteroatoms. The fourth-order valence-electron chi connectivity index (χ4n) is 3.94. The second-order valence-corrected chi connectivity index (χ2v) is 8.02. The van der Waals surface area contributed by atoms with Crippen LogP contribution in [0.15, 0.2) is 30.3 Å². The zero-order valence-electron chi connectivity index (χ0n) is 18.1. The Hall–Kier alpha value is -1.55. The highest BCUT2D eigenvalue weighted by Gasteiger charge is 2.49. The maximum atomic E-state index is 11.1. The number of ether oxygens (including phenoxy) is 5. The number of esters is 1. The zero-order valence-corrected chi connectivity index (χ0v) is 18.1. The van der Waals surface area contributed by atoms with E-state index in [-0.39, 0.29) is 12.6 Å². The number of aliphatic hydroxyl groups excluding tert-OH is 2. The van der Waals surface area contributed by atoms with Gasteiger partial charge in [-0.05, 0) is 12.8 Å². The normalized spacial score (nSPS) is 30.5.